The van der Waals surface area contributed by atoms with E-state index in [9.17, 15) is 14.7 Å². The summed E-state index contributed by atoms with van der Waals surface area (Å²) in [4.78, 5) is 25.2. The van der Waals surface area contributed by atoms with Gasteiger partial charge in [-0.05, 0) is 26.8 Å². The van der Waals surface area contributed by atoms with Crippen molar-refractivity contribution in [2.24, 2.45) is 0 Å². The highest BCUT2D eigenvalue weighted by molar-refractivity contribution is 5.88. The highest BCUT2D eigenvalue weighted by Gasteiger charge is 2.30. The molecule has 6 heteroatoms. The van der Waals surface area contributed by atoms with Gasteiger partial charge in [-0.15, -0.1) is 0 Å². The SMILES string of the molecule is CNCC(=O)NC(C(=O)N1CCCC1)C(C)O. The van der Waals surface area contributed by atoms with E-state index in [1.54, 1.807) is 11.9 Å². The van der Waals surface area contributed by atoms with E-state index in [4.69, 9.17) is 0 Å². The number of carbonyl (C=O) groups excluding carboxylic acids is 2. The molecule has 0 aromatic carbocycles. The van der Waals surface area contributed by atoms with Crippen molar-refractivity contribution in [1.29, 1.82) is 0 Å². The molecule has 2 atom stereocenters. The molecule has 1 saturated heterocycles. The van der Waals surface area contributed by atoms with Crippen molar-refractivity contribution in [1.82, 2.24) is 15.5 Å². The molecule has 0 bridgehead atoms. The molecule has 0 aromatic heterocycles. The largest absolute Gasteiger partial charge is 0.391 e. The second-order valence-electron chi connectivity index (χ2n) is 4.35. The topological polar surface area (TPSA) is 81.7 Å². The van der Waals surface area contributed by atoms with Crippen LogP contribution in [0.25, 0.3) is 0 Å². The molecule has 1 fully saturated rings. The number of aliphatic hydroxyl groups excluding tert-OH is 1. The van der Waals surface area contributed by atoms with Gasteiger partial charge in [0.1, 0.15) is 6.04 Å². The summed E-state index contributed by atoms with van der Waals surface area (Å²) in [6.07, 6.45) is 1.09. The van der Waals surface area contributed by atoms with E-state index in [2.05, 4.69) is 10.6 Å². The minimum Gasteiger partial charge on any atom is -0.391 e. The van der Waals surface area contributed by atoms with E-state index >= 15 is 0 Å². The van der Waals surface area contributed by atoms with Crippen LogP contribution in [0.2, 0.25) is 0 Å². The Kier molecular flexibility index (Phi) is 5.37. The van der Waals surface area contributed by atoms with Gasteiger partial charge in [-0.1, -0.05) is 0 Å². The first-order valence-corrected chi connectivity index (χ1v) is 5.97. The van der Waals surface area contributed by atoms with Crippen LogP contribution in [-0.4, -0.2) is 60.6 Å². The fraction of sp³-hybridized carbons (Fsp3) is 0.818. The molecule has 17 heavy (non-hydrogen) atoms. The van der Waals surface area contributed by atoms with Crippen LogP contribution in [0.15, 0.2) is 0 Å². The number of nitrogens with one attached hydrogen (secondary N) is 2. The minimum absolute atomic E-state index is 0.135. The van der Waals surface area contributed by atoms with Crippen molar-refractivity contribution in [3.05, 3.63) is 0 Å². The third-order valence-corrected chi connectivity index (χ3v) is 2.82. The summed E-state index contributed by atoms with van der Waals surface area (Å²) < 4.78 is 0. The highest BCUT2D eigenvalue weighted by atomic mass is 16.3. The van der Waals surface area contributed by atoms with Gasteiger partial charge in [0.15, 0.2) is 0 Å². The Hall–Kier alpha value is -1.14. The summed E-state index contributed by atoms with van der Waals surface area (Å²) in [6, 6.07) is -0.839. The van der Waals surface area contributed by atoms with Crippen LogP contribution in [0.5, 0.6) is 0 Å². The summed E-state index contributed by atoms with van der Waals surface area (Å²) in [5, 5.41) is 14.8. The Morgan fingerprint density at radius 2 is 1.94 bits per heavy atom. The lowest BCUT2D eigenvalue weighted by Crippen LogP contribution is -2.54. The van der Waals surface area contributed by atoms with Crippen LogP contribution in [0.4, 0.5) is 0 Å². The zero-order valence-corrected chi connectivity index (χ0v) is 10.4. The van der Waals surface area contributed by atoms with Crippen molar-refractivity contribution in [3.63, 3.8) is 0 Å². The maximum Gasteiger partial charge on any atom is 0.247 e. The fourth-order valence-electron chi connectivity index (χ4n) is 1.91. The van der Waals surface area contributed by atoms with Gasteiger partial charge >= 0.3 is 0 Å². The first-order chi connectivity index (χ1) is 8.06. The van der Waals surface area contributed by atoms with Crippen LogP contribution >= 0.6 is 0 Å². The summed E-state index contributed by atoms with van der Waals surface area (Å²) in [5.74, 6) is -0.479. The van der Waals surface area contributed by atoms with Crippen molar-refractivity contribution in [3.8, 4) is 0 Å². The van der Waals surface area contributed by atoms with Crippen LogP contribution in [0.1, 0.15) is 19.8 Å². The number of nitrogens with zero attached hydrogens (tertiary/aromatic N) is 1. The molecular weight excluding hydrogens is 222 g/mol. The molecule has 0 aliphatic carbocycles. The lowest BCUT2D eigenvalue weighted by Gasteiger charge is -2.25. The maximum atomic E-state index is 12.1. The number of rotatable bonds is 5. The summed E-state index contributed by atoms with van der Waals surface area (Å²) in [7, 11) is 1.65. The zero-order valence-electron chi connectivity index (χ0n) is 10.4. The predicted molar refractivity (Wildman–Crippen MR) is 63.4 cm³/mol. The molecule has 1 aliphatic rings. The quantitative estimate of drug-likeness (QED) is 0.560. The van der Waals surface area contributed by atoms with Gasteiger partial charge in [-0.3, -0.25) is 9.59 Å². The van der Waals surface area contributed by atoms with Crippen LogP contribution < -0.4 is 10.6 Å². The Balaban J connectivity index is 2.58. The zero-order chi connectivity index (χ0) is 12.8. The Bertz CT molecular complexity index is 275. The first-order valence-electron chi connectivity index (χ1n) is 5.97. The summed E-state index contributed by atoms with van der Waals surface area (Å²) in [6.45, 7) is 3.07. The molecule has 3 N–H and O–H groups in total. The van der Waals surface area contributed by atoms with E-state index in [-0.39, 0.29) is 18.4 Å². The van der Waals surface area contributed by atoms with E-state index in [0.717, 1.165) is 12.8 Å². The Labute approximate surface area is 101 Å². The van der Waals surface area contributed by atoms with Crippen LogP contribution in [0.3, 0.4) is 0 Å². The fourth-order valence-corrected chi connectivity index (χ4v) is 1.91. The predicted octanol–water partition coefficient (Wildman–Crippen LogP) is -1.31. The molecule has 6 nitrogen and oxygen atoms in total. The molecule has 1 rings (SSSR count). The summed E-state index contributed by atoms with van der Waals surface area (Å²) in [5.41, 5.74) is 0. The Morgan fingerprint density at radius 3 is 2.41 bits per heavy atom. The average molecular weight is 243 g/mol. The number of likely N-dealkylation sites (N-methyl/N-ethyl adjacent to an activating group) is 1. The smallest absolute Gasteiger partial charge is 0.247 e. The molecule has 98 valence electrons. The number of hydrogen-bond donors (Lipinski definition) is 3. The average Bonchev–Trinajstić information content (AvgIpc) is 2.78. The van der Waals surface area contributed by atoms with Gasteiger partial charge in [-0.2, -0.15) is 0 Å². The highest BCUT2D eigenvalue weighted by Crippen LogP contribution is 2.10. The molecule has 2 unspecified atom stereocenters. The normalized spacial score (nSPS) is 18.9. The maximum absolute atomic E-state index is 12.1. The van der Waals surface area contributed by atoms with Crippen molar-refractivity contribution < 1.29 is 14.7 Å². The number of amides is 2. The van der Waals surface area contributed by atoms with Gasteiger partial charge in [0.05, 0.1) is 12.6 Å². The summed E-state index contributed by atoms with van der Waals surface area (Å²) >= 11 is 0. The van der Waals surface area contributed by atoms with Crippen molar-refractivity contribution in [2.45, 2.75) is 31.9 Å². The monoisotopic (exact) mass is 243 g/mol. The molecule has 1 heterocycles. The van der Waals surface area contributed by atoms with Gasteiger partial charge in [-0.25, -0.2) is 0 Å². The van der Waals surface area contributed by atoms with Crippen LogP contribution in [-0.2, 0) is 9.59 Å². The van der Waals surface area contributed by atoms with E-state index in [0.29, 0.717) is 13.1 Å². The standard InChI is InChI=1S/C11H21N3O3/c1-8(15)10(13-9(16)7-12-2)11(17)14-5-3-4-6-14/h8,10,12,15H,3-7H2,1-2H3,(H,13,16). The molecule has 0 radical (unpaired) electrons. The third kappa shape index (κ3) is 3.98. The lowest BCUT2D eigenvalue weighted by atomic mass is 10.1. The van der Waals surface area contributed by atoms with Crippen molar-refractivity contribution >= 4 is 11.8 Å². The second kappa shape index (κ2) is 6.56. The van der Waals surface area contributed by atoms with Gasteiger partial charge in [0.2, 0.25) is 11.8 Å². The van der Waals surface area contributed by atoms with Gasteiger partial charge < -0.3 is 20.6 Å². The number of carbonyl (C=O) groups is 2. The molecular formula is C11H21N3O3. The number of likely N-dealkylation sites (tertiary alicyclic amines) is 1. The first kappa shape index (κ1) is 13.9. The molecule has 2 amide bonds. The molecule has 1 aliphatic heterocycles. The van der Waals surface area contributed by atoms with Gasteiger partial charge in [0.25, 0.3) is 0 Å². The lowest BCUT2D eigenvalue weighted by molar-refractivity contribution is -0.138. The minimum atomic E-state index is -0.885. The molecule has 0 aromatic rings. The second-order valence-corrected chi connectivity index (χ2v) is 4.35. The Morgan fingerprint density at radius 1 is 1.35 bits per heavy atom. The van der Waals surface area contributed by atoms with Crippen molar-refractivity contribution in [2.75, 3.05) is 26.7 Å². The van der Waals surface area contributed by atoms with Gasteiger partial charge in [0, 0.05) is 13.1 Å². The molecule has 0 saturated carbocycles. The van der Waals surface area contributed by atoms with E-state index in [1.165, 1.54) is 6.92 Å². The number of aliphatic hydroxyl groups is 1. The van der Waals surface area contributed by atoms with E-state index in [1.807, 2.05) is 0 Å². The van der Waals surface area contributed by atoms with E-state index < -0.39 is 12.1 Å². The van der Waals surface area contributed by atoms with Crippen LogP contribution in [0, 0.1) is 0 Å². The number of hydrogen-bond acceptors (Lipinski definition) is 4. The third-order valence-electron chi connectivity index (χ3n) is 2.82. The molecule has 0 spiro atoms.